The molecule has 25 heavy (non-hydrogen) atoms. The molecule has 0 aliphatic carbocycles. The molecule has 0 amide bonds. The van der Waals surface area contributed by atoms with Crippen LogP contribution in [0.1, 0.15) is 13.8 Å². The topological polar surface area (TPSA) is 80.5 Å². The summed E-state index contributed by atoms with van der Waals surface area (Å²) >= 11 is 0. The standard InChI is InChI=1S/C18H24N4O3/c1-13(2)18(21-7-9-25-10-8-21)12-20-16-3-4-17(22(23)24)15-11-19-6-5-14(15)16/h3-6,11,13,18,20H,7-10,12H2,1-2H3. The summed E-state index contributed by atoms with van der Waals surface area (Å²) in [6, 6.07) is 5.54. The van der Waals surface area contributed by atoms with E-state index in [-0.39, 0.29) is 10.6 Å². The quantitative estimate of drug-likeness (QED) is 0.641. The van der Waals surface area contributed by atoms with Gasteiger partial charge in [0.25, 0.3) is 5.69 Å². The van der Waals surface area contributed by atoms with E-state index in [1.807, 2.05) is 6.07 Å². The molecule has 1 unspecified atom stereocenters. The first kappa shape index (κ1) is 17.6. The zero-order valence-corrected chi connectivity index (χ0v) is 14.6. The van der Waals surface area contributed by atoms with Crippen LogP contribution in [0.3, 0.4) is 0 Å². The fraction of sp³-hybridized carbons (Fsp3) is 0.500. The first-order valence-electron chi connectivity index (χ1n) is 8.64. The number of ether oxygens (including phenoxy) is 1. The van der Waals surface area contributed by atoms with Gasteiger partial charge in [0.1, 0.15) is 0 Å². The molecule has 0 radical (unpaired) electrons. The summed E-state index contributed by atoms with van der Waals surface area (Å²) in [6.07, 6.45) is 3.22. The van der Waals surface area contributed by atoms with E-state index < -0.39 is 0 Å². The lowest BCUT2D eigenvalue weighted by molar-refractivity contribution is -0.383. The van der Waals surface area contributed by atoms with E-state index in [0.717, 1.165) is 43.9 Å². The molecule has 1 aromatic carbocycles. The Kier molecular flexibility index (Phi) is 5.45. The average molecular weight is 344 g/mol. The third-order valence-electron chi connectivity index (χ3n) is 4.78. The molecule has 2 aromatic rings. The predicted molar refractivity (Wildman–Crippen MR) is 97.9 cm³/mol. The highest BCUT2D eigenvalue weighted by atomic mass is 16.6. The summed E-state index contributed by atoms with van der Waals surface area (Å²) in [7, 11) is 0. The number of hydrogen-bond acceptors (Lipinski definition) is 6. The fourth-order valence-electron chi connectivity index (χ4n) is 3.40. The van der Waals surface area contributed by atoms with Gasteiger partial charge < -0.3 is 10.1 Å². The zero-order chi connectivity index (χ0) is 17.8. The minimum Gasteiger partial charge on any atom is -0.383 e. The molecule has 0 spiro atoms. The van der Waals surface area contributed by atoms with Crippen LogP contribution in [0.2, 0.25) is 0 Å². The van der Waals surface area contributed by atoms with Crippen LogP contribution >= 0.6 is 0 Å². The van der Waals surface area contributed by atoms with Crippen molar-refractivity contribution in [3.8, 4) is 0 Å². The maximum Gasteiger partial charge on any atom is 0.278 e. The normalized spacial score (nSPS) is 16.9. The van der Waals surface area contributed by atoms with Gasteiger partial charge in [0, 0.05) is 55.2 Å². The SMILES string of the molecule is CC(C)C(CNc1ccc([N+](=O)[O-])c2cnccc12)N1CCOCC1. The van der Waals surface area contributed by atoms with Crippen LogP contribution in [0.25, 0.3) is 10.8 Å². The molecule has 0 bridgehead atoms. The van der Waals surface area contributed by atoms with Crippen molar-refractivity contribution in [2.24, 2.45) is 5.92 Å². The Morgan fingerprint density at radius 1 is 1.28 bits per heavy atom. The maximum absolute atomic E-state index is 11.2. The molecule has 7 heteroatoms. The first-order chi connectivity index (χ1) is 12.1. The number of nitro benzene ring substituents is 1. The minimum atomic E-state index is -0.363. The Balaban J connectivity index is 1.82. The second-order valence-electron chi connectivity index (χ2n) is 6.65. The molecule has 2 heterocycles. The minimum absolute atomic E-state index is 0.0854. The molecule has 7 nitrogen and oxygen atoms in total. The maximum atomic E-state index is 11.2. The molecule has 1 aliphatic heterocycles. The van der Waals surface area contributed by atoms with Gasteiger partial charge in [0.05, 0.1) is 23.5 Å². The molecule has 134 valence electrons. The van der Waals surface area contributed by atoms with Crippen LogP contribution in [0.4, 0.5) is 11.4 Å². The van der Waals surface area contributed by atoms with Crippen LogP contribution < -0.4 is 5.32 Å². The Labute approximate surface area is 147 Å². The summed E-state index contributed by atoms with van der Waals surface area (Å²) in [5.74, 6) is 0.497. The number of nitro groups is 1. The highest BCUT2D eigenvalue weighted by Gasteiger charge is 2.24. The number of fused-ring (bicyclic) bond motifs is 1. The van der Waals surface area contributed by atoms with E-state index >= 15 is 0 Å². The Hall–Kier alpha value is -2.25. The van der Waals surface area contributed by atoms with Crippen molar-refractivity contribution < 1.29 is 9.66 Å². The number of hydrogen-bond donors (Lipinski definition) is 1. The zero-order valence-electron chi connectivity index (χ0n) is 14.6. The Morgan fingerprint density at radius 2 is 2.04 bits per heavy atom. The van der Waals surface area contributed by atoms with Crippen LogP contribution in [-0.4, -0.2) is 53.7 Å². The highest BCUT2D eigenvalue weighted by molar-refractivity contribution is 5.99. The lowest BCUT2D eigenvalue weighted by atomic mass is 10.0. The van der Waals surface area contributed by atoms with E-state index in [1.165, 1.54) is 0 Å². The van der Waals surface area contributed by atoms with Gasteiger partial charge in [0.15, 0.2) is 0 Å². The first-order valence-corrected chi connectivity index (χ1v) is 8.64. The number of nitrogens with zero attached hydrogens (tertiary/aromatic N) is 3. The van der Waals surface area contributed by atoms with Gasteiger partial charge >= 0.3 is 0 Å². The summed E-state index contributed by atoms with van der Waals surface area (Å²) in [5, 5.41) is 16.1. The van der Waals surface area contributed by atoms with Crippen LogP contribution in [0.5, 0.6) is 0 Å². The predicted octanol–water partition coefficient (Wildman–Crippen LogP) is 2.91. The van der Waals surface area contributed by atoms with Crippen molar-refractivity contribution >= 4 is 22.1 Å². The van der Waals surface area contributed by atoms with Crippen molar-refractivity contribution in [2.75, 3.05) is 38.2 Å². The van der Waals surface area contributed by atoms with E-state index in [1.54, 1.807) is 24.5 Å². The van der Waals surface area contributed by atoms with Crippen LogP contribution in [-0.2, 0) is 4.74 Å². The highest BCUT2D eigenvalue weighted by Crippen LogP contribution is 2.31. The lowest BCUT2D eigenvalue weighted by Gasteiger charge is -2.37. The second-order valence-corrected chi connectivity index (χ2v) is 6.65. The third-order valence-corrected chi connectivity index (χ3v) is 4.78. The molecule has 1 fully saturated rings. The van der Waals surface area contributed by atoms with Gasteiger partial charge in [-0.25, -0.2) is 0 Å². The van der Waals surface area contributed by atoms with Crippen LogP contribution in [0, 0.1) is 16.0 Å². The monoisotopic (exact) mass is 344 g/mol. The van der Waals surface area contributed by atoms with E-state index in [9.17, 15) is 10.1 Å². The van der Waals surface area contributed by atoms with Gasteiger partial charge in [-0.15, -0.1) is 0 Å². The van der Waals surface area contributed by atoms with Gasteiger partial charge in [-0.3, -0.25) is 20.0 Å². The molecule has 0 saturated carbocycles. The second kappa shape index (κ2) is 7.76. The summed E-state index contributed by atoms with van der Waals surface area (Å²) in [4.78, 5) is 17.4. The average Bonchev–Trinajstić information content (AvgIpc) is 2.62. The van der Waals surface area contributed by atoms with E-state index in [4.69, 9.17) is 4.74 Å². The van der Waals surface area contributed by atoms with Gasteiger partial charge in [0.2, 0.25) is 0 Å². The number of anilines is 1. The molecule has 1 aliphatic rings. The molecule has 1 saturated heterocycles. The molecular weight excluding hydrogens is 320 g/mol. The van der Waals surface area contributed by atoms with Crippen molar-refractivity contribution in [3.63, 3.8) is 0 Å². The summed E-state index contributed by atoms with van der Waals surface area (Å²) < 4.78 is 5.45. The van der Waals surface area contributed by atoms with Crippen molar-refractivity contribution in [1.82, 2.24) is 9.88 Å². The Bertz CT molecular complexity index is 744. The molecule has 1 N–H and O–H groups in total. The number of nitrogens with one attached hydrogen (secondary N) is 1. The molecule has 1 atom stereocenters. The lowest BCUT2D eigenvalue weighted by Crippen LogP contribution is -2.49. The summed E-state index contributed by atoms with van der Waals surface area (Å²) in [5.41, 5.74) is 0.990. The fourth-order valence-corrected chi connectivity index (χ4v) is 3.40. The van der Waals surface area contributed by atoms with Crippen molar-refractivity contribution in [1.29, 1.82) is 0 Å². The number of rotatable bonds is 6. The van der Waals surface area contributed by atoms with Gasteiger partial charge in [-0.05, 0) is 18.1 Å². The number of benzene rings is 1. The third kappa shape index (κ3) is 3.88. The smallest absolute Gasteiger partial charge is 0.278 e. The molecule has 3 rings (SSSR count). The van der Waals surface area contributed by atoms with Crippen molar-refractivity contribution in [3.05, 3.63) is 40.7 Å². The van der Waals surface area contributed by atoms with Crippen LogP contribution in [0.15, 0.2) is 30.6 Å². The number of pyridine rings is 1. The molecular formula is C18H24N4O3. The van der Waals surface area contributed by atoms with Gasteiger partial charge in [-0.1, -0.05) is 13.8 Å². The number of morpholine rings is 1. The molecule has 1 aromatic heterocycles. The largest absolute Gasteiger partial charge is 0.383 e. The summed E-state index contributed by atoms with van der Waals surface area (Å²) in [6.45, 7) is 8.65. The Morgan fingerprint density at radius 3 is 2.72 bits per heavy atom. The van der Waals surface area contributed by atoms with E-state index in [2.05, 4.69) is 29.0 Å². The van der Waals surface area contributed by atoms with Gasteiger partial charge in [-0.2, -0.15) is 0 Å². The van der Waals surface area contributed by atoms with E-state index in [0.29, 0.717) is 17.3 Å². The number of non-ortho nitro benzene ring substituents is 1. The number of aromatic nitrogens is 1. The van der Waals surface area contributed by atoms with Crippen molar-refractivity contribution in [2.45, 2.75) is 19.9 Å².